The molecule has 0 aromatic carbocycles. The summed E-state index contributed by atoms with van der Waals surface area (Å²) in [5.41, 5.74) is 0. The molecule has 10 N–H and O–H groups in total. The first-order valence-corrected chi connectivity index (χ1v) is 14.4. The molecule has 3 aliphatic heterocycles. The molecule has 3 aliphatic rings. The summed E-state index contributed by atoms with van der Waals surface area (Å²) in [6.07, 6.45) is -16.4. The number of aliphatic hydroxyl groups is 6. The molecule has 3 saturated heterocycles. The topological polar surface area (TPSA) is 284 Å². The molecule has 3 heterocycles. The van der Waals surface area contributed by atoms with Crippen molar-refractivity contribution in [2.75, 3.05) is 13.2 Å². The summed E-state index contributed by atoms with van der Waals surface area (Å²) in [5.74, 6) is -2.42. The summed E-state index contributed by atoms with van der Waals surface area (Å²) in [6.45, 7) is 4.56. The summed E-state index contributed by atoms with van der Waals surface area (Å²) in [6, 6.07) is -5.24. The van der Waals surface area contributed by atoms with Gasteiger partial charge in [0.15, 0.2) is 18.9 Å². The molecular weight excluding hydrogens is 608 g/mol. The highest BCUT2D eigenvalue weighted by Gasteiger charge is 2.55. The van der Waals surface area contributed by atoms with Gasteiger partial charge in [-0.2, -0.15) is 0 Å². The second-order valence-corrected chi connectivity index (χ2v) is 11.3. The first kappa shape index (κ1) is 36.9. The number of amides is 4. The molecule has 4 amide bonds. The van der Waals surface area contributed by atoms with Crippen molar-refractivity contribution in [1.82, 2.24) is 21.3 Å². The average Bonchev–Trinajstić information content (AvgIpc) is 2.94. The molecule has 45 heavy (non-hydrogen) atoms. The molecule has 0 aromatic rings. The van der Waals surface area contributed by atoms with Crippen molar-refractivity contribution < 1.29 is 73.5 Å². The van der Waals surface area contributed by atoms with E-state index in [2.05, 4.69) is 21.3 Å². The third-order valence-electron chi connectivity index (χ3n) is 7.67. The normalized spacial score (nSPS) is 41.9. The number of ether oxygens (including phenoxy) is 5. The fraction of sp³-hybridized carbons (Fsp3) is 0.846. The molecule has 0 bridgehead atoms. The number of rotatable bonds is 10. The van der Waals surface area contributed by atoms with Crippen LogP contribution in [0, 0.1) is 0 Å². The maximum atomic E-state index is 12.2. The van der Waals surface area contributed by atoms with Gasteiger partial charge >= 0.3 is 0 Å². The van der Waals surface area contributed by atoms with Crippen LogP contribution >= 0.6 is 0 Å². The van der Waals surface area contributed by atoms with Crippen molar-refractivity contribution in [3.8, 4) is 0 Å². The first-order valence-electron chi connectivity index (χ1n) is 14.4. The second kappa shape index (κ2) is 15.8. The lowest BCUT2D eigenvalue weighted by Crippen LogP contribution is -2.72. The number of hydrogen-bond donors (Lipinski definition) is 10. The van der Waals surface area contributed by atoms with E-state index in [-0.39, 0.29) is 0 Å². The highest BCUT2D eigenvalue weighted by Crippen LogP contribution is 2.33. The molecule has 258 valence electrons. The lowest BCUT2D eigenvalue weighted by atomic mass is 9.92. The van der Waals surface area contributed by atoms with Gasteiger partial charge in [0.1, 0.15) is 60.9 Å². The maximum Gasteiger partial charge on any atom is 0.217 e. The summed E-state index contributed by atoms with van der Waals surface area (Å²) in [7, 11) is 0. The van der Waals surface area contributed by atoms with Gasteiger partial charge in [0.05, 0.1) is 25.4 Å². The molecule has 15 atom stereocenters. The molecule has 1 unspecified atom stereocenters. The van der Waals surface area contributed by atoms with Crippen molar-refractivity contribution in [3.63, 3.8) is 0 Å². The number of carbonyl (C=O) groups is 4. The van der Waals surface area contributed by atoms with Gasteiger partial charge in [0, 0.05) is 27.7 Å². The summed E-state index contributed by atoms with van der Waals surface area (Å²) < 4.78 is 29.4. The largest absolute Gasteiger partial charge is 0.394 e. The number of hydrogen-bond acceptors (Lipinski definition) is 15. The minimum Gasteiger partial charge on any atom is -0.394 e. The zero-order valence-electron chi connectivity index (χ0n) is 25.4. The molecule has 0 aliphatic carbocycles. The van der Waals surface area contributed by atoms with Gasteiger partial charge in [-0.25, -0.2) is 0 Å². The summed E-state index contributed by atoms with van der Waals surface area (Å²) in [4.78, 5) is 48.4. The number of carbonyl (C=O) groups excluding carboxylic acids is 4. The Kier molecular flexibility index (Phi) is 13.0. The molecule has 3 fully saturated rings. The highest BCUT2D eigenvalue weighted by atomic mass is 16.7. The Labute approximate surface area is 258 Å². The van der Waals surface area contributed by atoms with Crippen LogP contribution in [0.5, 0.6) is 0 Å². The van der Waals surface area contributed by atoms with E-state index in [1.807, 2.05) is 0 Å². The van der Waals surface area contributed by atoms with Crippen LogP contribution in [0.3, 0.4) is 0 Å². The van der Waals surface area contributed by atoms with Crippen LogP contribution in [0.1, 0.15) is 34.6 Å². The van der Waals surface area contributed by atoms with Gasteiger partial charge < -0.3 is 75.6 Å². The van der Waals surface area contributed by atoms with Crippen molar-refractivity contribution in [1.29, 1.82) is 0 Å². The summed E-state index contributed by atoms with van der Waals surface area (Å²) in [5, 5.41) is 72.8. The van der Waals surface area contributed by atoms with E-state index in [1.54, 1.807) is 0 Å². The van der Waals surface area contributed by atoms with E-state index in [0.717, 1.165) is 13.8 Å². The fourth-order valence-electron chi connectivity index (χ4n) is 5.65. The Hall–Kier alpha value is -2.56. The van der Waals surface area contributed by atoms with Gasteiger partial charge in [0.25, 0.3) is 0 Å². The van der Waals surface area contributed by atoms with Gasteiger partial charge in [0.2, 0.25) is 23.6 Å². The SMILES string of the molecule is CC(=O)N[C@@H]1[C@@H](O)[C@H](C)O[C@H](O[C@H]2[C@H](O[C@@H]3O[C@H](CO)[C@@H](O)[C@H](O)[C@H]3NC(C)=O)[C@@H](CO)OC(O)[C@@H]2NC(C)=O)[C@@H]1NC(C)=O. The third-order valence-corrected chi connectivity index (χ3v) is 7.67. The summed E-state index contributed by atoms with van der Waals surface area (Å²) >= 11 is 0. The molecule has 0 radical (unpaired) electrons. The Morgan fingerprint density at radius 2 is 1.04 bits per heavy atom. The van der Waals surface area contributed by atoms with Crippen molar-refractivity contribution >= 4 is 23.6 Å². The van der Waals surface area contributed by atoms with E-state index in [4.69, 9.17) is 23.7 Å². The molecule has 19 nitrogen and oxygen atoms in total. The Morgan fingerprint density at radius 3 is 1.58 bits per heavy atom. The molecule has 0 aromatic heterocycles. The van der Waals surface area contributed by atoms with Gasteiger partial charge in [-0.1, -0.05) is 0 Å². The quantitative estimate of drug-likeness (QED) is 0.105. The zero-order valence-corrected chi connectivity index (χ0v) is 25.4. The Bertz CT molecular complexity index is 1050. The zero-order chi connectivity index (χ0) is 33.7. The van der Waals surface area contributed by atoms with Crippen LogP contribution in [-0.4, -0.2) is 159 Å². The van der Waals surface area contributed by atoms with E-state index < -0.39 is 129 Å². The van der Waals surface area contributed by atoms with Crippen LogP contribution in [0.15, 0.2) is 0 Å². The minimum absolute atomic E-state index is 0.543. The monoisotopic (exact) mass is 652 g/mol. The predicted octanol–water partition coefficient (Wildman–Crippen LogP) is -5.97. The lowest BCUT2D eigenvalue weighted by Gasteiger charge is -2.50. The van der Waals surface area contributed by atoms with Crippen molar-refractivity contribution in [3.05, 3.63) is 0 Å². The van der Waals surface area contributed by atoms with E-state index in [1.165, 1.54) is 20.8 Å². The van der Waals surface area contributed by atoms with E-state index >= 15 is 0 Å². The average molecular weight is 653 g/mol. The van der Waals surface area contributed by atoms with Gasteiger partial charge in [-0.15, -0.1) is 0 Å². The lowest BCUT2D eigenvalue weighted by molar-refractivity contribution is -0.351. The standard InChI is InChI=1S/C26H44N4O15/c1-8-19(37)15(27-9(2)33)16(28-10(3)34)25(41-8)45-23-18(30-12(5)36)24(40)42-14(7-32)22(23)44-26-17(29-11(4)35)21(39)20(38)13(6-31)43-26/h8,13-26,31-32,37-40H,6-7H2,1-5H3,(H,27,33)(H,28,34)(H,29,35)(H,30,36)/t8-,13+,14+,15-,16+,17+,18+,19-,20+,21+,22+,23+,24?,25+,26-/m0/s1. The molecule has 0 saturated carbocycles. The van der Waals surface area contributed by atoms with Gasteiger partial charge in [-0.05, 0) is 6.92 Å². The Morgan fingerprint density at radius 1 is 0.578 bits per heavy atom. The van der Waals surface area contributed by atoms with Crippen molar-refractivity contribution in [2.24, 2.45) is 0 Å². The fourth-order valence-corrected chi connectivity index (χ4v) is 5.65. The van der Waals surface area contributed by atoms with Crippen molar-refractivity contribution in [2.45, 2.75) is 126 Å². The third kappa shape index (κ3) is 8.83. The van der Waals surface area contributed by atoms with Crippen LogP contribution in [-0.2, 0) is 42.9 Å². The van der Waals surface area contributed by atoms with Crippen LogP contribution < -0.4 is 21.3 Å². The van der Waals surface area contributed by atoms with Crippen LogP contribution in [0.4, 0.5) is 0 Å². The van der Waals surface area contributed by atoms with Gasteiger partial charge in [-0.3, -0.25) is 19.2 Å². The molecular formula is C26H44N4O15. The number of aliphatic hydroxyl groups excluding tert-OH is 6. The van der Waals surface area contributed by atoms with Crippen LogP contribution in [0.25, 0.3) is 0 Å². The van der Waals surface area contributed by atoms with E-state index in [9.17, 15) is 49.8 Å². The smallest absolute Gasteiger partial charge is 0.217 e. The Balaban J connectivity index is 2.07. The predicted molar refractivity (Wildman–Crippen MR) is 146 cm³/mol. The maximum absolute atomic E-state index is 12.2. The van der Waals surface area contributed by atoms with E-state index in [0.29, 0.717) is 0 Å². The van der Waals surface area contributed by atoms with Crippen LogP contribution in [0.2, 0.25) is 0 Å². The molecule has 0 spiro atoms. The minimum atomic E-state index is -1.80. The molecule has 19 heteroatoms. The number of nitrogens with one attached hydrogen (secondary N) is 4. The second-order valence-electron chi connectivity index (χ2n) is 11.3. The molecule has 3 rings (SSSR count). The highest BCUT2D eigenvalue weighted by molar-refractivity contribution is 5.75. The first-order chi connectivity index (χ1) is 21.1.